The van der Waals surface area contributed by atoms with Crippen molar-refractivity contribution in [2.24, 2.45) is 0 Å². The van der Waals surface area contributed by atoms with E-state index in [0.717, 1.165) is 12.1 Å². The Morgan fingerprint density at radius 2 is 2.07 bits per heavy atom. The molecular weight excluding hydrogens is 406 g/mol. The highest BCUT2D eigenvalue weighted by molar-refractivity contribution is 7.92. The van der Waals surface area contributed by atoms with E-state index in [1.165, 1.54) is 25.6 Å². The second-order valence-corrected chi connectivity index (χ2v) is 7.99. The lowest BCUT2D eigenvalue weighted by molar-refractivity contribution is 0.0603. The maximum Gasteiger partial charge on any atom is 0.340 e. The summed E-state index contributed by atoms with van der Waals surface area (Å²) in [5.41, 5.74) is -0.154. The van der Waals surface area contributed by atoms with Crippen LogP contribution in [0.2, 0.25) is 0 Å². The van der Waals surface area contributed by atoms with Crippen LogP contribution in [0.25, 0.3) is 11.0 Å². The van der Waals surface area contributed by atoms with Gasteiger partial charge in [-0.05, 0) is 24.6 Å². The second kappa shape index (κ2) is 8.03. The van der Waals surface area contributed by atoms with Gasteiger partial charge in [-0.25, -0.2) is 27.0 Å². The fourth-order valence-corrected chi connectivity index (χ4v) is 3.86. The number of rotatable bonds is 7. The van der Waals surface area contributed by atoms with Crippen molar-refractivity contribution in [1.82, 2.24) is 9.97 Å². The highest BCUT2D eigenvalue weighted by atomic mass is 32.2. The molecule has 0 saturated heterocycles. The molecule has 2 heterocycles. The minimum absolute atomic E-state index is 0.189. The second-order valence-electron chi connectivity index (χ2n) is 6.14. The van der Waals surface area contributed by atoms with Crippen molar-refractivity contribution in [3.63, 3.8) is 0 Å². The maximum atomic E-state index is 14.8. The molecule has 1 aromatic carbocycles. The lowest BCUT2D eigenvalue weighted by atomic mass is 10.2. The Bertz CT molecular complexity index is 1180. The number of sulfonamides is 1. The van der Waals surface area contributed by atoms with E-state index in [9.17, 15) is 22.0 Å². The van der Waals surface area contributed by atoms with Crippen LogP contribution in [0.1, 0.15) is 23.7 Å². The van der Waals surface area contributed by atoms with Crippen molar-refractivity contribution in [2.75, 3.05) is 22.9 Å². The molecule has 0 saturated carbocycles. The number of benzene rings is 1. The van der Waals surface area contributed by atoms with Crippen molar-refractivity contribution >= 4 is 44.1 Å². The largest absolute Gasteiger partial charge is 0.465 e. The van der Waals surface area contributed by atoms with E-state index in [4.69, 9.17) is 0 Å². The number of H-pyrrole nitrogens is 1. The number of nitrogens with zero attached hydrogens (tertiary/aromatic N) is 1. The Morgan fingerprint density at radius 3 is 2.76 bits per heavy atom. The van der Waals surface area contributed by atoms with Crippen LogP contribution in [0.3, 0.4) is 0 Å². The number of carbonyl (C=O) groups excluding carboxylic acids is 1. The summed E-state index contributed by atoms with van der Waals surface area (Å²) in [6.45, 7) is 1.67. The zero-order valence-electron chi connectivity index (χ0n) is 15.5. The van der Waals surface area contributed by atoms with Crippen LogP contribution in [-0.4, -0.2) is 37.2 Å². The first-order chi connectivity index (χ1) is 13.8. The standard InChI is InChI=1S/C18H18F2N4O4S/c1-3-6-29(26,27)24-14-5-4-13(19)16(15(14)20)23-10-7-11-12(18(25)28-2)9-22-17(11)21-8-10/h4-5,7-9,23-24H,3,6H2,1-2H3,(H,21,22). The van der Waals surface area contributed by atoms with Gasteiger partial charge in [0.15, 0.2) is 5.82 Å². The lowest BCUT2D eigenvalue weighted by Gasteiger charge is -2.13. The molecule has 0 bridgehead atoms. The SMILES string of the molecule is CCCS(=O)(=O)Nc1ccc(F)c(Nc2cnc3[nH]cc(C(=O)OC)c3c2)c1F. The normalized spacial score (nSPS) is 11.4. The van der Waals surface area contributed by atoms with Gasteiger partial charge in [-0.1, -0.05) is 6.92 Å². The molecule has 11 heteroatoms. The van der Waals surface area contributed by atoms with E-state index in [2.05, 4.69) is 24.7 Å². The van der Waals surface area contributed by atoms with E-state index in [1.807, 2.05) is 0 Å². The summed E-state index contributed by atoms with van der Waals surface area (Å²) in [4.78, 5) is 18.7. The molecule has 0 aliphatic heterocycles. The van der Waals surface area contributed by atoms with Crippen LogP contribution < -0.4 is 10.0 Å². The van der Waals surface area contributed by atoms with Crippen molar-refractivity contribution in [2.45, 2.75) is 13.3 Å². The Morgan fingerprint density at radius 1 is 1.31 bits per heavy atom. The molecule has 154 valence electrons. The van der Waals surface area contributed by atoms with Gasteiger partial charge in [0, 0.05) is 11.6 Å². The van der Waals surface area contributed by atoms with Crippen molar-refractivity contribution in [3.8, 4) is 0 Å². The average Bonchev–Trinajstić information content (AvgIpc) is 3.10. The van der Waals surface area contributed by atoms with Gasteiger partial charge >= 0.3 is 5.97 Å². The Labute approximate surface area is 165 Å². The predicted octanol–water partition coefficient (Wildman–Crippen LogP) is 3.52. The fourth-order valence-electron chi connectivity index (χ4n) is 2.73. The zero-order chi connectivity index (χ0) is 21.2. The van der Waals surface area contributed by atoms with Gasteiger partial charge in [0.05, 0.1) is 36.0 Å². The number of aromatic amines is 1. The van der Waals surface area contributed by atoms with E-state index in [0.29, 0.717) is 17.5 Å². The summed E-state index contributed by atoms with van der Waals surface area (Å²) in [5, 5.41) is 2.94. The molecule has 0 fully saturated rings. The summed E-state index contributed by atoms with van der Waals surface area (Å²) in [6, 6.07) is 3.42. The molecule has 0 radical (unpaired) electrons. The molecule has 3 aromatic rings. The van der Waals surface area contributed by atoms with Gasteiger partial charge in [-0.15, -0.1) is 0 Å². The number of hydrogen-bond acceptors (Lipinski definition) is 6. The number of hydrogen-bond donors (Lipinski definition) is 3. The van der Waals surface area contributed by atoms with Crippen LogP contribution in [0, 0.1) is 11.6 Å². The first kappa shape index (κ1) is 20.5. The van der Waals surface area contributed by atoms with Gasteiger partial charge < -0.3 is 15.0 Å². The number of ether oxygens (including phenoxy) is 1. The number of aromatic nitrogens is 2. The third kappa shape index (κ3) is 4.29. The van der Waals surface area contributed by atoms with Crippen LogP contribution in [0.5, 0.6) is 0 Å². The zero-order valence-corrected chi connectivity index (χ0v) is 16.4. The number of esters is 1. The van der Waals surface area contributed by atoms with Crippen LogP contribution in [-0.2, 0) is 14.8 Å². The van der Waals surface area contributed by atoms with E-state index in [1.54, 1.807) is 6.92 Å². The molecule has 3 rings (SSSR count). The minimum atomic E-state index is -3.76. The quantitative estimate of drug-likeness (QED) is 0.500. The topological polar surface area (TPSA) is 113 Å². The van der Waals surface area contributed by atoms with Crippen LogP contribution in [0.4, 0.5) is 25.8 Å². The number of halogens is 2. The van der Waals surface area contributed by atoms with E-state index < -0.39 is 33.3 Å². The van der Waals surface area contributed by atoms with Gasteiger partial charge in [0.2, 0.25) is 10.0 Å². The van der Waals surface area contributed by atoms with E-state index in [-0.39, 0.29) is 22.7 Å². The number of methoxy groups -OCH3 is 1. The molecule has 29 heavy (non-hydrogen) atoms. The third-order valence-electron chi connectivity index (χ3n) is 4.04. The molecule has 0 aliphatic carbocycles. The van der Waals surface area contributed by atoms with Crippen LogP contribution in [0.15, 0.2) is 30.6 Å². The molecule has 8 nitrogen and oxygen atoms in total. The van der Waals surface area contributed by atoms with Gasteiger partial charge in [-0.2, -0.15) is 0 Å². The van der Waals surface area contributed by atoms with Crippen molar-refractivity contribution in [3.05, 3.63) is 47.8 Å². The molecular formula is C18H18F2N4O4S. The summed E-state index contributed by atoms with van der Waals surface area (Å²) >= 11 is 0. The maximum absolute atomic E-state index is 14.8. The summed E-state index contributed by atoms with van der Waals surface area (Å²) in [7, 11) is -2.53. The molecule has 3 N–H and O–H groups in total. The minimum Gasteiger partial charge on any atom is -0.465 e. The molecule has 0 spiro atoms. The molecule has 0 atom stereocenters. The van der Waals surface area contributed by atoms with E-state index >= 15 is 0 Å². The average molecular weight is 424 g/mol. The van der Waals surface area contributed by atoms with Gasteiger partial charge in [0.1, 0.15) is 17.2 Å². The molecule has 0 unspecified atom stereocenters. The highest BCUT2D eigenvalue weighted by Gasteiger charge is 2.19. The smallest absolute Gasteiger partial charge is 0.340 e. The predicted molar refractivity (Wildman–Crippen MR) is 105 cm³/mol. The summed E-state index contributed by atoms with van der Waals surface area (Å²) in [6.07, 6.45) is 3.07. The number of anilines is 3. The molecule has 0 amide bonds. The Kier molecular flexibility index (Phi) is 5.69. The number of pyridine rings is 1. The fraction of sp³-hybridized carbons (Fsp3) is 0.222. The number of carbonyl (C=O) groups is 1. The monoisotopic (exact) mass is 424 g/mol. The van der Waals surface area contributed by atoms with Gasteiger partial charge in [0.25, 0.3) is 0 Å². The van der Waals surface area contributed by atoms with Crippen LogP contribution >= 0.6 is 0 Å². The Hall–Kier alpha value is -3.21. The number of nitrogens with one attached hydrogen (secondary N) is 3. The lowest BCUT2D eigenvalue weighted by Crippen LogP contribution is -2.17. The highest BCUT2D eigenvalue weighted by Crippen LogP contribution is 2.30. The molecule has 2 aromatic heterocycles. The van der Waals surface area contributed by atoms with Crippen molar-refractivity contribution in [1.29, 1.82) is 0 Å². The molecule has 0 aliphatic rings. The van der Waals surface area contributed by atoms with Gasteiger partial charge in [-0.3, -0.25) is 4.72 Å². The summed E-state index contributed by atoms with van der Waals surface area (Å²) in [5.74, 6) is -2.83. The first-order valence-electron chi connectivity index (χ1n) is 8.56. The van der Waals surface area contributed by atoms with Crippen molar-refractivity contribution < 1.29 is 26.7 Å². The number of fused-ring (bicyclic) bond motifs is 1. The Balaban J connectivity index is 1.97. The summed E-state index contributed by atoms with van der Waals surface area (Å²) < 4.78 is 59.6. The third-order valence-corrected chi connectivity index (χ3v) is 5.51. The first-order valence-corrected chi connectivity index (χ1v) is 10.2.